The van der Waals surface area contributed by atoms with Crippen molar-refractivity contribution in [3.63, 3.8) is 0 Å². The van der Waals surface area contributed by atoms with Crippen LogP contribution in [0, 0.1) is 10.1 Å². The zero-order valence-electron chi connectivity index (χ0n) is 12.8. The molecule has 0 spiro atoms. The number of amides is 3. The summed E-state index contributed by atoms with van der Waals surface area (Å²) in [6.45, 7) is -0.693. The maximum Gasteiger partial charge on any atom is 0.345 e. The van der Waals surface area contributed by atoms with Crippen LogP contribution in [-0.2, 0) is 16.1 Å². The number of imide groups is 1. The summed E-state index contributed by atoms with van der Waals surface area (Å²) in [6.07, 6.45) is 1.43. The number of carbonyl (C=O) groups is 3. The molecule has 10 heteroatoms. The number of carbonyl (C=O) groups excluding carboxylic acids is 3. The van der Waals surface area contributed by atoms with Crippen molar-refractivity contribution in [1.29, 1.82) is 0 Å². The molecule has 2 rings (SSSR count). The van der Waals surface area contributed by atoms with Gasteiger partial charge in [-0.1, -0.05) is 12.1 Å². The molecule has 1 aromatic carbocycles. The maximum absolute atomic E-state index is 11.8. The van der Waals surface area contributed by atoms with Crippen molar-refractivity contribution in [2.24, 2.45) is 0 Å². The second kappa shape index (κ2) is 8.24. The largest absolute Gasteiger partial charge is 0.467 e. The number of nitro groups is 1. The first kappa shape index (κ1) is 17.7. The molecule has 0 aliphatic rings. The first-order valence-corrected chi connectivity index (χ1v) is 6.98. The molecule has 0 saturated heterocycles. The number of urea groups is 1. The van der Waals surface area contributed by atoms with Crippen molar-refractivity contribution in [3.8, 4) is 0 Å². The minimum Gasteiger partial charge on any atom is -0.467 e. The lowest BCUT2D eigenvalue weighted by atomic mass is 10.2. The van der Waals surface area contributed by atoms with E-state index in [4.69, 9.17) is 4.42 Å². The van der Waals surface area contributed by atoms with Crippen LogP contribution in [-0.4, -0.2) is 29.4 Å². The molecule has 0 saturated carbocycles. The number of furan rings is 1. The normalized spacial score (nSPS) is 9.92. The average molecular weight is 347 g/mol. The Morgan fingerprint density at radius 3 is 2.60 bits per heavy atom. The van der Waals surface area contributed by atoms with Gasteiger partial charge in [-0.25, -0.2) is 9.59 Å². The zero-order valence-corrected chi connectivity index (χ0v) is 12.8. The number of rotatable bonds is 6. The highest BCUT2D eigenvalue weighted by molar-refractivity contribution is 5.98. The van der Waals surface area contributed by atoms with Crippen LogP contribution >= 0.6 is 0 Å². The standard InChI is InChI=1S/C15H13N3O7/c19-13(17-15(21)16-8-10-4-3-7-24-10)9-25-14(20)11-5-1-2-6-12(11)18(22)23/h1-7H,8-9H2,(H2,16,17,19,21). The van der Waals surface area contributed by atoms with E-state index in [0.29, 0.717) is 5.76 Å². The number of nitrogens with zero attached hydrogens (tertiary/aromatic N) is 1. The smallest absolute Gasteiger partial charge is 0.345 e. The zero-order chi connectivity index (χ0) is 18.2. The molecule has 25 heavy (non-hydrogen) atoms. The molecule has 0 fully saturated rings. The van der Waals surface area contributed by atoms with Gasteiger partial charge in [0.15, 0.2) is 6.61 Å². The minimum atomic E-state index is -1.04. The van der Waals surface area contributed by atoms with E-state index in [1.807, 2.05) is 5.32 Å². The van der Waals surface area contributed by atoms with Gasteiger partial charge in [0.25, 0.3) is 11.6 Å². The Labute approximate surface area is 140 Å². The fraction of sp³-hybridized carbons (Fsp3) is 0.133. The summed E-state index contributed by atoms with van der Waals surface area (Å²) >= 11 is 0. The topological polar surface area (TPSA) is 141 Å². The molecule has 2 aromatic rings. The van der Waals surface area contributed by atoms with Crippen molar-refractivity contribution in [1.82, 2.24) is 10.6 Å². The van der Waals surface area contributed by atoms with Gasteiger partial charge in [0.1, 0.15) is 11.3 Å². The third-order valence-electron chi connectivity index (χ3n) is 2.91. The lowest BCUT2D eigenvalue weighted by Crippen LogP contribution is -2.41. The van der Waals surface area contributed by atoms with Gasteiger partial charge in [0.05, 0.1) is 17.7 Å². The van der Waals surface area contributed by atoms with E-state index < -0.39 is 35.1 Å². The van der Waals surface area contributed by atoms with Gasteiger partial charge in [-0.3, -0.25) is 20.2 Å². The van der Waals surface area contributed by atoms with Crippen LogP contribution in [0.3, 0.4) is 0 Å². The average Bonchev–Trinajstić information content (AvgIpc) is 3.11. The van der Waals surface area contributed by atoms with Gasteiger partial charge >= 0.3 is 12.0 Å². The summed E-state index contributed by atoms with van der Waals surface area (Å²) in [5, 5.41) is 15.1. The molecule has 2 N–H and O–H groups in total. The lowest BCUT2D eigenvalue weighted by Gasteiger charge is -2.07. The SMILES string of the molecule is O=C(COC(=O)c1ccccc1[N+](=O)[O-])NC(=O)NCc1ccco1. The minimum absolute atomic E-state index is 0.0715. The van der Waals surface area contributed by atoms with Crippen molar-refractivity contribution in [2.75, 3.05) is 6.61 Å². The van der Waals surface area contributed by atoms with E-state index in [-0.39, 0.29) is 12.1 Å². The van der Waals surface area contributed by atoms with E-state index in [9.17, 15) is 24.5 Å². The van der Waals surface area contributed by atoms with Crippen LogP contribution in [0.1, 0.15) is 16.1 Å². The van der Waals surface area contributed by atoms with Gasteiger partial charge in [0, 0.05) is 6.07 Å². The predicted octanol–water partition coefficient (Wildman–Crippen LogP) is 1.37. The molecule has 1 aromatic heterocycles. The molecular formula is C15H13N3O7. The monoisotopic (exact) mass is 347 g/mol. The molecule has 0 radical (unpaired) electrons. The quantitative estimate of drug-likeness (QED) is 0.456. The number of nitro benzene ring substituents is 1. The molecule has 1 heterocycles. The van der Waals surface area contributed by atoms with Crippen LogP contribution in [0.4, 0.5) is 10.5 Å². The van der Waals surface area contributed by atoms with Crippen molar-refractivity contribution >= 4 is 23.6 Å². The second-order valence-electron chi connectivity index (χ2n) is 4.66. The summed E-state index contributed by atoms with van der Waals surface area (Å²) in [7, 11) is 0. The van der Waals surface area contributed by atoms with Crippen LogP contribution in [0.15, 0.2) is 47.1 Å². The highest BCUT2D eigenvalue weighted by Crippen LogP contribution is 2.18. The Morgan fingerprint density at radius 1 is 1.16 bits per heavy atom. The van der Waals surface area contributed by atoms with E-state index >= 15 is 0 Å². The molecule has 0 aliphatic carbocycles. The number of hydrogen-bond donors (Lipinski definition) is 2. The molecule has 0 atom stereocenters. The summed E-state index contributed by atoms with van der Waals surface area (Å²) in [4.78, 5) is 45.0. The highest BCUT2D eigenvalue weighted by atomic mass is 16.6. The first-order chi connectivity index (χ1) is 12.0. The van der Waals surface area contributed by atoms with E-state index in [0.717, 1.165) is 6.07 Å². The predicted molar refractivity (Wildman–Crippen MR) is 82.5 cm³/mol. The van der Waals surface area contributed by atoms with E-state index in [1.165, 1.54) is 24.5 Å². The van der Waals surface area contributed by atoms with Crippen molar-refractivity contribution in [2.45, 2.75) is 6.54 Å². The van der Waals surface area contributed by atoms with Crippen LogP contribution in [0.5, 0.6) is 0 Å². The number of ether oxygens (including phenoxy) is 1. The molecule has 130 valence electrons. The number of para-hydroxylation sites is 1. The Kier molecular flexibility index (Phi) is 5.82. The Hall–Kier alpha value is -3.69. The number of esters is 1. The van der Waals surface area contributed by atoms with Gasteiger partial charge in [-0.15, -0.1) is 0 Å². The molecule has 10 nitrogen and oxygen atoms in total. The lowest BCUT2D eigenvalue weighted by molar-refractivity contribution is -0.385. The number of hydrogen-bond acceptors (Lipinski definition) is 7. The Balaban J connectivity index is 1.80. The second-order valence-corrected chi connectivity index (χ2v) is 4.66. The van der Waals surface area contributed by atoms with E-state index in [2.05, 4.69) is 10.1 Å². The summed E-state index contributed by atoms with van der Waals surface area (Å²) in [6, 6.07) is 7.63. The van der Waals surface area contributed by atoms with Crippen molar-refractivity contribution < 1.29 is 28.5 Å². The molecule has 3 amide bonds. The number of nitrogens with one attached hydrogen (secondary N) is 2. The van der Waals surface area contributed by atoms with Gasteiger partial charge in [-0.05, 0) is 18.2 Å². The van der Waals surface area contributed by atoms with Crippen molar-refractivity contribution in [3.05, 3.63) is 64.1 Å². The Bertz CT molecular complexity index is 786. The third kappa shape index (κ3) is 5.16. The summed E-state index contributed by atoms with van der Waals surface area (Å²) < 4.78 is 9.67. The van der Waals surface area contributed by atoms with Crippen LogP contribution < -0.4 is 10.6 Å². The summed E-state index contributed by atoms with van der Waals surface area (Å²) in [5.41, 5.74) is -0.730. The van der Waals surface area contributed by atoms with Crippen LogP contribution in [0.2, 0.25) is 0 Å². The molecular weight excluding hydrogens is 334 g/mol. The van der Waals surface area contributed by atoms with E-state index in [1.54, 1.807) is 12.1 Å². The van der Waals surface area contributed by atoms with Gasteiger partial charge in [-0.2, -0.15) is 0 Å². The fourth-order valence-electron chi connectivity index (χ4n) is 1.80. The fourth-order valence-corrected chi connectivity index (χ4v) is 1.80. The Morgan fingerprint density at radius 2 is 1.92 bits per heavy atom. The molecule has 0 unspecified atom stereocenters. The first-order valence-electron chi connectivity index (χ1n) is 6.98. The maximum atomic E-state index is 11.8. The van der Waals surface area contributed by atoms with Crippen LogP contribution in [0.25, 0.3) is 0 Å². The molecule has 0 aliphatic heterocycles. The third-order valence-corrected chi connectivity index (χ3v) is 2.91. The molecule has 0 bridgehead atoms. The van der Waals surface area contributed by atoms with Gasteiger partial charge < -0.3 is 14.5 Å². The summed E-state index contributed by atoms with van der Waals surface area (Å²) in [5.74, 6) is -1.44. The van der Waals surface area contributed by atoms with Gasteiger partial charge in [0.2, 0.25) is 0 Å². The number of benzene rings is 1. The highest BCUT2D eigenvalue weighted by Gasteiger charge is 2.21.